The van der Waals surface area contributed by atoms with Crippen molar-refractivity contribution in [1.82, 2.24) is 9.38 Å². The van der Waals surface area contributed by atoms with Crippen LogP contribution in [-0.2, 0) is 6.54 Å². The van der Waals surface area contributed by atoms with Crippen LogP contribution >= 0.6 is 0 Å². The molecular weight excluding hydrogens is 205 g/mol. The molecule has 0 bridgehead atoms. The van der Waals surface area contributed by atoms with E-state index in [1.165, 1.54) is 6.07 Å². The maximum absolute atomic E-state index is 13.7. The van der Waals surface area contributed by atoms with Gasteiger partial charge >= 0.3 is 0 Å². The molecule has 2 aromatic heterocycles. The molecule has 0 spiro atoms. The van der Waals surface area contributed by atoms with Gasteiger partial charge in [0.05, 0.1) is 17.3 Å². The van der Waals surface area contributed by atoms with Gasteiger partial charge in [-0.15, -0.1) is 0 Å². The Morgan fingerprint density at radius 2 is 2.19 bits per heavy atom. The van der Waals surface area contributed by atoms with Crippen molar-refractivity contribution in [3.63, 3.8) is 0 Å². The van der Waals surface area contributed by atoms with Gasteiger partial charge in [0.1, 0.15) is 11.5 Å². The molecule has 2 N–H and O–H groups in total. The number of hydrogen-bond acceptors (Lipinski definition) is 2. The summed E-state index contributed by atoms with van der Waals surface area (Å²) in [5.41, 5.74) is 7.08. The second kappa shape index (κ2) is 3.28. The van der Waals surface area contributed by atoms with Crippen molar-refractivity contribution in [2.75, 3.05) is 0 Å². The van der Waals surface area contributed by atoms with Gasteiger partial charge in [-0.1, -0.05) is 12.1 Å². The number of pyridine rings is 1. The number of nitrogens with zero attached hydrogens (tertiary/aromatic N) is 2. The molecule has 0 unspecified atom stereocenters. The summed E-state index contributed by atoms with van der Waals surface area (Å²) in [6.07, 6.45) is 3.55. The zero-order valence-corrected chi connectivity index (χ0v) is 8.52. The monoisotopic (exact) mass is 215 g/mol. The predicted molar refractivity (Wildman–Crippen MR) is 60.5 cm³/mol. The number of rotatable bonds is 1. The van der Waals surface area contributed by atoms with E-state index in [9.17, 15) is 4.39 Å². The van der Waals surface area contributed by atoms with Gasteiger partial charge in [0.25, 0.3) is 0 Å². The van der Waals surface area contributed by atoms with Crippen LogP contribution in [-0.4, -0.2) is 9.38 Å². The summed E-state index contributed by atoms with van der Waals surface area (Å²) >= 11 is 0. The summed E-state index contributed by atoms with van der Waals surface area (Å²) in [5.74, 6) is -0.253. The number of nitrogens with two attached hydrogens (primary N) is 1. The predicted octanol–water partition coefficient (Wildman–Crippen LogP) is 2.09. The van der Waals surface area contributed by atoms with Crippen molar-refractivity contribution in [2.45, 2.75) is 6.54 Å². The molecule has 1 aromatic carbocycles. The molecule has 0 atom stereocenters. The zero-order chi connectivity index (χ0) is 11.1. The number of benzene rings is 1. The SMILES string of the molecule is NCc1cnc2c3c(F)cccc3ccn12. The van der Waals surface area contributed by atoms with Gasteiger partial charge in [-0.2, -0.15) is 0 Å². The molecule has 80 valence electrons. The molecule has 16 heavy (non-hydrogen) atoms. The Balaban J connectivity index is 2.54. The minimum absolute atomic E-state index is 0.253. The Bertz CT molecular complexity index is 672. The first-order valence-corrected chi connectivity index (χ1v) is 5.04. The lowest BCUT2D eigenvalue weighted by Crippen LogP contribution is -2.00. The molecule has 0 aliphatic rings. The lowest BCUT2D eigenvalue weighted by molar-refractivity contribution is 0.640. The summed E-state index contributed by atoms with van der Waals surface area (Å²) in [7, 11) is 0. The van der Waals surface area contributed by atoms with Crippen LogP contribution in [0.1, 0.15) is 5.69 Å². The fourth-order valence-corrected chi connectivity index (χ4v) is 1.97. The van der Waals surface area contributed by atoms with Gasteiger partial charge in [-0.3, -0.25) is 0 Å². The van der Waals surface area contributed by atoms with Gasteiger partial charge in [-0.25, -0.2) is 9.37 Å². The van der Waals surface area contributed by atoms with E-state index >= 15 is 0 Å². The van der Waals surface area contributed by atoms with Crippen molar-refractivity contribution in [3.05, 3.63) is 48.2 Å². The number of aromatic nitrogens is 2. The van der Waals surface area contributed by atoms with Crippen LogP contribution in [0.3, 0.4) is 0 Å². The molecule has 3 aromatic rings. The van der Waals surface area contributed by atoms with E-state index in [1.807, 2.05) is 22.7 Å². The maximum Gasteiger partial charge on any atom is 0.147 e. The summed E-state index contributed by atoms with van der Waals surface area (Å²) < 4.78 is 15.6. The zero-order valence-electron chi connectivity index (χ0n) is 8.52. The normalized spacial score (nSPS) is 11.4. The molecule has 0 amide bonds. The van der Waals surface area contributed by atoms with Crippen LogP contribution < -0.4 is 5.73 Å². The fraction of sp³-hybridized carbons (Fsp3) is 0.0833. The molecule has 3 rings (SSSR count). The Hall–Kier alpha value is -1.94. The number of hydrogen-bond donors (Lipinski definition) is 1. The molecule has 0 saturated carbocycles. The van der Waals surface area contributed by atoms with Gasteiger partial charge in [0, 0.05) is 12.7 Å². The Morgan fingerprint density at radius 3 is 3.00 bits per heavy atom. The van der Waals surface area contributed by atoms with E-state index in [1.54, 1.807) is 12.3 Å². The number of halogens is 1. The third kappa shape index (κ3) is 1.13. The molecule has 4 heteroatoms. The van der Waals surface area contributed by atoms with Crippen LogP contribution in [0.2, 0.25) is 0 Å². The minimum atomic E-state index is -0.253. The average molecular weight is 215 g/mol. The van der Waals surface area contributed by atoms with Crippen molar-refractivity contribution < 1.29 is 4.39 Å². The van der Waals surface area contributed by atoms with Gasteiger partial charge in [0.2, 0.25) is 0 Å². The van der Waals surface area contributed by atoms with E-state index in [0.29, 0.717) is 17.6 Å². The van der Waals surface area contributed by atoms with Crippen molar-refractivity contribution in [1.29, 1.82) is 0 Å². The standard InChI is InChI=1S/C12H10FN3/c13-10-3-1-2-8-4-5-16-9(6-14)7-15-12(16)11(8)10/h1-5,7H,6,14H2. The highest BCUT2D eigenvalue weighted by Crippen LogP contribution is 2.22. The molecule has 0 fully saturated rings. The largest absolute Gasteiger partial charge is 0.325 e. The van der Waals surface area contributed by atoms with Crippen molar-refractivity contribution in [3.8, 4) is 0 Å². The molecule has 2 heterocycles. The second-order valence-electron chi connectivity index (χ2n) is 3.67. The highest BCUT2D eigenvalue weighted by Gasteiger charge is 2.08. The highest BCUT2D eigenvalue weighted by atomic mass is 19.1. The first kappa shape index (κ1) is 9.30. The van der Waals surface area contributed by atoms with E-state index in [4.69, 9.17) is 5.73 Å². The summed E-state index contributed by atoms with van der Waals surface area (Å²) in [5, 5.41) is 1.39. The number of imidazole rings is 1. The molecule has 0 saturated heterocycles. The minimum Gasteiger partial charge on any atom is -0.325 e. The first-order valence-electron chi connectivity index (χ1n) is 5.04. The molecule has 0 radical (unpaired) electrons. The second-order valence-corrected chi connectivity index (χ2v) is 3.67. The lowest BCUT2D eigenvalue weighted by atomic mass is 10.1. The summed E-state index contributed by atoms with van der Waals surface area (Å²) in [6, 6.07) is 6.88. The van der Waals surface area contributed by atoms with Crippen LogP contribution in [0.25, 0.3) is 16.4 Å². The molecular formula is C12H10FN3. The molecule has 0 aliphatic heterocycles. The van der Waals surface area contributed by atoms with E-state index in [0.717, 1.165) is 11.1 Å². The quantitative estimate of drug-likeness (QED) is 0.675. The van der Waals surface area contributed by atoms with E-state index in [2.05, 4.69) is 4.98 Å². The Kier molecular flexibility index (Phi) is 1.91. The third-order valence-electron chi connectivity index (χ3n) is 2.76. The van der Waals surface area contributed by atoms with Crippen LogP contribution in [0, 0.1) is 5.82 Å². The van der Waals surface area contributed by atoms with Gasteiger partial charge < -0.3 is 10.1 Å². The number of fused-ring (bicyclic) bond motifs is 3. The van der Waals surface area contributed by atoms with Crippen molar-refractivity contribution >= 4 is 16.4 Å². The molecule has 0 aliphatic carbocycles. The lowest BCUT2D eigenvalue weighted by Gasteiger charge is -2.03. The highest BCUT2D eigenvalue weighted by molar-refractivity contribution is 5.94. The fourth-order valence-electron chi connectivity index (χ4n) is 1.97. The third-order valence-corrected chi connectivity index (χ3v) is 2.76. The van der Waals surface area contributed by atoms with E-state index in [-0.39, 0.29) is 5.82 Å². The molecule has 3 nitrogen and oxygen atoms in total. The van der Waals surface area contributed by atoms with Crippen LogP contribution in [0.15, 0.2) is 36.7 Å². The maximum atomic E-state index is 13.7. The summed E-state index contributed by atoms with van der Waals surface area (Å²) in [4.78, 5) is 4.22. The summed E-state index contributed by atoms with van der Waals surface area (Å²) in [6.45, 7) is 0.390. The van der Waals surface area contributed by atoms with Gasteiger partial charge in [0.15, 0.2) is 0 Å². The first-order chi connectivity index (χ1) is 7.81. The Labute approximate surface area is 91.3 Å². The van der Waals surface area contributed by atoms with Gasteiger partial charge in [-0.05, 0) is 17.5 Å². The van der Waals surface area contributed by atoms with Crippen molar-refractivity contribution in [2.24, 2.45) is 5.73 Å². The van der Waals surface area contributed by atoms with Crippen LogP contribution in [0.4, 0.5) is 4.39 Å². The van der Waals surface area contributed by atoms with Crippen LogP contribution in [0.5, 0.6) is 0 Å². The van der Waals surface area contributed by atoms with E-state index < -0.39 is 0 Å². The Morgan fingerprint density at radius 1 is 1.31 bits per heavy atom. The average Bonchev–Trinajstić information content (AvgIpc) is 2.72. The smallest absolute Gasteiger partial charge is 0.147 e. The topological polar surface area (TPSA) is 43.3 Å².